The van der Waals surface area contributed by atoms with Crippen molar-refractivity contribution < 1.29 is 33.7 Å². The molecule has 0 aromatic heterocycles. The first-order valence-corrected chi connectivity index (χ1v) is 5.38. The molecule has 0 aliphatic carbocycles. The average Bonchev–Trinajstić information content (AvgIpc) is 2.03. The Morgan fingerprint density at radius 2 is 2.08 bits per heavy atom. The predicted molar refractivity (Wildman–Crippen MR) is 39.2 cm³/mol. The minimum absolute atomic E-state index is 0.109. The molecular weight excluding hydrogens is 210 g/mol. The van der Waals surface area contributed by atoms with Crippen LogP contribution >= 0.6 is 0 Å². The Morgan fingerprint density at radius 1 is 1.46 bits per heavy atom. The third-order valence-electron chi connectivity index (χ3n) is 1.36. The maximum absolute atomic E-state index is 11.1. The van der Waals surface area contributed by atoms with E-state index in [0.717, 1.165) is 0 Å². The van der Waals surface area contributed by atoms with Gasteiger partial charge in [0.15, 0.2) is 0 Å². The summed E-state index contributed by atoms with van der Waals surface area (Å²) in [5.41, 5.74) is 5.77. The summed E-state index contributed by atoms with van der Waals surface area (Å²) in [6.07, 6.45) is 0. The van der Waals surface area contributed by atoms with Gasteiger partial charge in [-0.25, -0.2) is 0 Å². The zero-order valence-corrected chi connectivity index (χ0v) is 8.12. The van der Waals surface area contributed by atoms with E-state index in [1.165, 1.54) is 12.1 Å². The van der Waals surface area contributed by atoms with Gasteiger partial charge in [0.05, 0.1) is 0 Å². The standard InChI is InChI=1S/C7H7NO2.H2O.O.Ti/c8-6-4-2-1-3-5(6)7(9)10;;;/h1-4H,8H2,(H,9,10);1H2;;/q;;;+2/p-2. The predicted octanol–water partition coefficient (Wildman–Crippen LogP) is 0.212. The van der Waals surface area contributed by atoms with Crippen molar-refractivity contribution in [3.05, 3.63) is 29.8 Å². The van der Waals surface area contributed by atoms with Gasteiger partial charge in [0, 0.05) is 0 Å². The van der Waals surface area contributed by atoms with Crippen molar-refractivity contribution in [1.29, 1.82) is 0 Å². The number of para-hydroxylation sites is 1. The quantitative estimate of drug-likeness (QED) is 0.545. The number of hydrogen-bond donors (Lipinski definition) is 2. The van der Waals surface area contributed by atoms with Crippen LogP contribution in [0.4, 0.5) is 5.69 Å². The first-order valence-electron chi connectivity index (χ1n) is 3.41. The number of benzene rings is 1. The summed E-state index contributed by atoms with van der Waals surface area (Å²) >= 11 is -3.81. The Kier molecular flexibility index (Phi) is 3.30. The van der Waals surface area contributed by atoms with Gasteiger partial charge in [-0.15, -0.1) is 0 Å². The number of anilines is 1. The second-order valence-electron chi connectivity index (χ2n) is 2.24. The van der Waals surface area contributed by atoms with E-state index >= 15 is 0 Å². The Bertz CT molecular complexity index is 352. The normalized spacial score (nSPS) is 9.31. The number of rotatable bonds is 2. The van der Waals surface area contributed by atoms with Crippen molar-refractivity contribution in [3.8, 4) is 0 Å². The molecule has 0 atom stereocenters. The molecular formula is C7H7NO4Ti. The van der Waals surface area contributed by atoms with Crippen LogP contribution in [0, 0.1) is 0 Å². The van der Waals surface area contributed by atoms with Crippen LogP contribution in [-0.4, -0.2) is 9.66 Å². The fourth-order valence-electron chi connectivity index (χ4n) is 0.817. The van der Waals surface area contributed by atoms with Gasteiger partial charge < -0.3 is 0 Å². The molecule has 0 unspecified atom stereocenters. The van der Waals surface area contributed by atoms with E-state index in [1.54, 1.807) is 12.1 Å². The summed E-state index contributed by atoms with van der Waals surface area (Å²) in [6, 6.07) is 6.19. The molecule has 0 aliphatic rings. The summed E-state index contributed by atoms with van der Waals surface area (Å²) in [5.74, 6) is -0.856. The molecule has 1 rings (SSSR count). The molecule has 0 fully saturated rings. The van der Waals surface area contributed by atoms with Crippen molar-refractivity contribution >= 4 is 11.7 Å². The van der Waals surface area contributed by atoms with Crippen LogP contribution in [0.1, 0.15) is 10.4 Å². The van der Waals surface area contributed by atoms with E-state index in [-0.39, 0.29) is 11.3 Å². The Labute approximate surface area is 81.2 Å². The Morgan fingerprint density at radius 3 is 2.62 bits per heavy atom. The van der Waals surface area contributed by atoms with Gasteiger partial charge in [0.25, 0.3) is 0 Å². The first kappa shape index (κ1) is 10.0. The van der Waals surface area contributed by atoms with Gasteiger partial charge in [0.2, 0.25) is 0 Å². The van der Waals surface area contributed by atoms with Crippen LogP contribution in [0.25, 0.3) is 0 Å². The van der Waals surface area contributed by atoms with Crippen molar-refractivity contribution in [2.24, 2.45) is 0 Å². The molecule has 0 bridgehead atoms. The number of carbonyl (C=O) groups excluding carboxylic acids is 1. The van der Waals surface area contributed by atoms with Crippen molar-refractivity contribution in [3.63, 3.8) is 0 Å². The van der Waals surface area contributed by atoms with Crippen LogP contribution in [0.15, 0.2) is 24.3 Å². The topological polar surface area (TPSA) is 89.6 Å². The van der Waals surface area contributed by atoms with Crippen LogP contribution in [0.5, 0.6) is 0 Å². The van der Waals surface area contributed by atoms with Crippen LogP contribution in [0.3, 0.4) is 0 Å². The number of nitrogens with two attached hydrogens (primary N) is 1. The fourth-order valence-corrected chi connectivity index (χ4v) is 1.24. The summed E-state index contributed by atoms with van der Waals surface area (Å²) < 4.78 is 22.8. The van der Waals surface area contributed by atoms with Gasteiger partial charge in [0.1, 0.15) is 0 Å². The Hall–Kier alpha value is -1.04. The van der Waals surface area contributed by atoms with Gasteiger partial charge in [-0.1, -0.05) is 0 Å². The Balaban J connectivity index is 2.89. The van der Waals surface area contributed by atoms with Crippen molar-refractivity contribution in [2.75, 3.05) is 5.73 Å². The average molecular weight is 217 g/mol. The summed E-state index contributed by atoms with van der Waals surface area (Å²) in [7, 11) is 0. The van der Waals surface area contributed by atoms with Crippen LogP contribution in [-0.2, 0) is 25.3 Å². The molecule has 0 saturated carbocycles. The maximum atomic E-state index is 11.1. The molecule has 0 radical (unpaired) electrons. The third kappa shape index (κ3) is 2.73. The molecule has 1 aromatic rings. The molecule has 0 spiro atoms. The molecule has 0 saturated heterocycles. The van der Waals surface area contributed by atoms with Gasteiger partial charge in [-0.05, 0) is 0 Å². The minimum atomic E-state index is -3.81. The van der Waals surface area contributed by atoms with E-state index in [4.69, 9.17) is 9.42 Å². The molecule has 13 heavy (non-hydrogen) atoms. The third-order valence-corrected chi connectivity index (χ3v) is 1.92. The van der Waals surface area contributed by atoms with Crippen molar-refractivity contribution in [1.82, 2.24) is 0 Å². The van der Waals surface area contributed by atoms with Crippen molar-refractivity contribution in [2.45, 2.75) is 0 Å². The van der Waals surface area contributed by atoms with Gasteiger partial charge in [-0.2, -0.15) is 0 Å². The van der Waals surface area contributed by atoms with E-state index in [0.29, 0.717) is 0 Å². The SMILES string of the molecule is Nc1ccccc1C(=O)[O][Ti](=[O])[OH]. The van der Waals surface area contributed by atoms with E-state index < -0.39 is 24.6 Å². The molecule has 1 aromatic carbocycles. The fraction of sp³-hybridized carbons (Fsp3) is 0. The van der Waals surface area contributed by atoms with Gasteiger partial charge >= 0.3 is 81.0 Å². The molecule has 5 nitrogen and oxygen atoms in total. The number of hydrogen-bond acceptors (Lipinski definition) is 4. The van der Waals surface area contributed by atoms with E-state index in [9.17, 15) is 8.12 Å². The number of carbonyl (C=O) groups is 1. The number of nitrogen functional groups attached to an aromatic ring is 1. The second kappa shape index (κ2) is 4.27. The summed E-state index contributed by atoms with van der Waals surface area (Å²) in [5, 5.41) is 0. The summed E-state index contributed by atoms with van der Waals surface area (Å²) in [6.45, 7) is 0. The zero-order chi connectivity index (χ0) is 9.84. The molecule has 0 aliphatic heterocycles. The van der Waals surface area contributed by atoms with E-state index in [2.05, 4.69) is 3.32 Å². The first-order chi connectivity index (χ1) is 6.11. The second-order valence-corrected chi connectivity index (χ2v) is 3.39. The zero-order valence-electron chi connectivity index (χ0n) is 6.56. The molecule has 0 amide bonds. The molecule has 0 heterocycles. The molecule has 68 valence electrons. The molecule has 6 heteroatoms. The van der Waals surface area contributed by atoms with Crippen LogP contribution in [0.2, 0.25) is 0 Å². The molecule has 3 N–H and O–H groups in total. The monoisotopic (exact) mass is 217 g/mol. The van der Waals surface area contributed by atoms with Gasteiger partial charge in [-0.3, -0.25) is 0 Å². The van der Waals surface area contributed by atoms with E-state index in [1.807, 2.05) is 0 Å². The van der Waals surface area contributed by atoms with Crippen LogP contribution < -0.4 is 5.73 Å². The summed E-state index contributed by atoms with van der Waals surface area (Å²) in [4.78, 5) is 11.1.